The molecule has 0 saturated heterocycles. The first kappa shape index (κ1) is 18.0. The van der Waals surface area contributed by atoms with Crippen LogP contribution in [0.2, 0.25) is 5.02 Å². The van der Waals surface area contributed by atoms with Gasteiger partial charge in [0, 0.05) is 39.4 Å². The molecule has 21 heavy (non-hydrogen) atoms. The van der Waals surface area contributed by atoms with Crippen LogP contribution in [0.5, 0.6) is 0 Å². The first-order chi connectivity index (χ1) is 9.61. The van der Waals surface area contributed by atoms with Gasteiger partial charge in [0.15, 0.2) is 0 Å². The molecule has 0 aliphatic heterocycles. The van der Waals surface area contributed by atoms with Crippen LogP contribution in [0.15, 0.2) is 18.2 Å². The van der Waals surface area contributed by atoms with E-state index < -0.39 is 28.4 Å². The highest BCUT2D eigenvalue weighted by atomic mass is 35.5. The van der Waals surface area contributed by atoms with Gasteiger partial charge >= 0.3 is 6.18 Å². The molecule has 0 aliphatic carbocycles. The van der Waals surface area contributed by atoms with E-state index in [1.807, 2.05) is 0 Å². The second-order valence-electron chi connectivity index (χ2n) is 4.58. The summed E-state index contributed by atoms with van der Waals surface area (Å²) in [5.41, 5.74) is -1.12. The molecule has 0 spiro atoms. The summed E-state index contributed by atoms with van der Waals surface area (Å²) in [5, 5.41) is 2.24. The van der Waals surface area contributed by atoms with Crippen LogP contribution in [0.4, 0.5) is 13.2 Å². The van der Waals surface area contributed by atoms with Gasteiger partial charge in [0.2, 0.25) is 0 Å². The van der Waals surface area contributed by atoms with Crippen LogP contribution in [-0.4, -0.2) is 28.2 Å². The first-order valence-electron chi connectivity index (χ1n) is 6.09. The zero-order chi connectivity index (χ0) is 16.2. The number of carbonyl (C=O) groups excluding carboxylic acids is 1. The molecule has 8 heteroatoms. The van der Waals surface area contributed by atoms with Crippen molar-refractivity contribution in [2.45, 2.75) is 24.8 Å². The van der Waals surface area contributed by atoms with Crippen molar-refractivity contribution in [2.24, 2.45) is 0 Å². The Bertz CT molecular complexity index is 549. The smallest absolute Gasteiger partial charge is 0.352 e. The summed E-state index contributed by atoms with van der Waals surface area (Å²) >= 11 is 5.61. The van der Waals surface area contributed by atoms with Crippen LogP contribution >= 0.6 is 11.6 Å². The highest BCUT2D eigenvalue weighted by Crippen LogP contribution is 2.31. The molecule has 0 unspecified atom stereocenters. The van der Waals surface area contributed by atoms with Crippen molar-refractivity contribution >= 4 is 28.3 Å². The summed E-state index contributed by atoms with van der Waals surface area (Å²) in [6, 6.07) is 2.69. The Balaban J connectivity index is 2.75. The standard InChI is InChI=1S/C13H15ClF3NO2S/c1-8(21(2)20)3-4-18-12(19)9-5-10(13(15,16)17)7-11(14)6-9/h5-8H,3-4H2,1-2H3,(H,18,19)/t8-,21+/m0/s1. The zero-order valence-electron chi connectivity index (χ0n) is 11.5. The van der Waals surface area contributed by atoms with E-state index in [1.54, 1.807) is 13.2 Å². The molecule has 3 nitrogen and oxygen atoms in total. The van der Waals surface area contributed by atoms with Gasteiger partial charge in [0.05, 0.1) is 5.56 Å². The number of rotatable bonds is 5. The van der Waals surface area contributed by atoms with E-state index in [0.717, 1.165) is 12.1 Å². The lowest BCUT2D eigenvalue weighted by atomic mass is 10.1. The Morgan fingerprint density at radius 1 is 1.38 bits per heavy atom. The van der Waals surface area contributed by atoms with E-state index in [-0.39, 0.29) is 22.4 Å². The molecule has 0 aliphatic rings. The highest BCUT2D eigenvalue weighted by Gasteiger charge is 2.31. The molecule has 118 valence electrons. The monoisotopic (exact) mass is 341 g/mol. The number of halogens is 4. The van der Waals surface area contributed by atoms with Crippen molar-refractivity contribution in [2.75, 3.05) is 12.8 Å². The second-order valence-corrected chi connectivity index (χ2v) is 6.82. The fourth-order valence-electron chi connectivity index (χ4n) is 1.54. The van der Waals surface area contributed by atoms with E-state index in [9.17, 15) is 22.2 Å². The summed E-state index contributed by atoms with van der Waals surface area (Å²) in [4.78, 5) is 11.8. The molecule has 2 atom stereocenters. The van der Waals surface area contributed by atoms with Crippen molar-refractivity contribution < 1.29 is 22.2 Å². The first-order valence-corrected chi connectivity index (χ1v) is 8.09. The van der Waals surface area contributed by atoms with Crippen molar-refractivity contribution in [1.29, 1.82) is 0 Å². The minimum absolute atomic E-state index is 0.101. The van der Waals surface area contributed by atoms with Crippen LogP contribution in [0, 0.1) is 0 Å². The van der Waals surface area contributed by atoms with Crippen molar-refractivity contribution in [3.05, 3.63) is 34.3 Å². The third-order valence-corrected chi connectivity index (χ3v) is 4.48. The maximum Gasteiger partial charge on any atom is 0.416 e. The van der Waals surface area contributed by atoms with Crippen molar-refractivity contribution in [3.8, 4) is 0 Å². The van der Waals surface area contributed by atoms with Gasteiger partial charge in [-0.25, -0.2) is 0 Å². The molecular formula is C13H15ClF3NO2S. The van der Waals surface area contributed by atoms with Gasteiger partial charge in [-0.05, 0) is 24.6 Å². The Morgan fingerprint density at radius 2 is 2.00 bits per heavy atom. The van der Waals surface area contributed by atoms with Gasteiger partial charge in [-0.2, -0.15) is 13.2 Å². The van der Waals surface area contributed by atoms with Crippen LogP contribution < -0.4 is 5.32 Å². The van der Waals surface area contributed by atoms with Gasteiger partial charge < -0.3 is 5.32 Å². The number of hydrogen-bond donors (Lipinski definition) is 1. The van der Waals surface area contributed by atoms with E-state index in [2.05, 4.69) is 5.32 Å². The Morgan fingerprint density at radius 3 is 2.52 bits per heavy atom. The molecule has 0 fully saturated rings. The average molecular weight is 342 g/mol. The van der Waals surface area contributed by atoms with Gasteiger partial charge in [0.25, 0.3) is 5.91 Å². The molecule has 0 bridgehead atoms. The van der Waals surface area contributed by atoms with Gasteiger partial charge in [-0.3, -0.25) is 9.00 Å². The van der Waals surface area contributed by atoms with E-state index >= 15 is 0 Å². The molecular weight excluding hydrogens is 327 g/mol. The second kappa shape index (κ2) is 7.26. The summed E-state index contributed by atoms with van der Waals surface area (Å²) in [5.74, 6) is -0.642. The minimum Gasteiger partial charge on any atom is -0.352 e. The van der Waals surface area contributed by atoms with Gasteiger partial charge in [-0.15, -0.1) is 0 Å². The lowest BCUT2D eigenvalue weighted by Crippen LogP contribution is -2.27. The zero-order valence-corrected chi connectivity index (χ0v) is 13.0. The van der Waals surface area contributed by atoms with Crippen molar-refractivity contribution in [3.63, 3.8) is 0 Å². The van der Waals surface area contributed by atoms with E-state index in [1.165, 1.54) is 6.07 Å². The number of hydrogen-bond acceptors (Lipinski definition) is 2. The lowest BCUT2D eigenvalue weighted by Gasteiger charge is -2.11. The Labute approximate surface area is 128 Å². The van der Waals surface area contributed by atoms with Gasteiger partial charge in [-0.1, -0.05) is 18.5 Å². The van der Waals surface area contributed by atoms with Crippen LogP contribution in [0.3, 0.4) is 0 Å². The van der Waals surface area contributed by atoms with Crippen LogP contribution in [0.25, 0.3) is 0 Å². The highest BCUT2D eigenvalue weighted by molar-refractivity contribution is 7.84. The predicted molar refractivity (Wildman–Crippen MR) is 76.9 cm³/mol. The fourth-order valence-corrected chi connectivity index (χ4v) is 2.23. The summed E-state index contributed by atoms with van der Waals surface area (Å²) in [6.45, 7) is 2.00. The number of carbonyl (C=O) groups is 1. The Hall–Kier alpha value is -1.08. The largest absolute Gasteiger partial charge is 0.416 e. The molecule has 1 aromatic carbocycles. The third kappa shape index (κ3) is 5.67. The molecule has 0 heterocycles. The minimum atomic E-state index is -4.56. The molecule has 0 radical (unpaired) electrons. The average Bonchev–Trinajstić information content (AvgIpc) is 2.36. The van der Waals surface area contributed by atoms with Gasteiger partial charge in [0.1, 0.15) is 0 Å². The number of amides is 1. The Kier molecular flexibility index (Phi) is 6.22. The molecule has 1 amide bonds. The fraction of sp³-hybridized carbons (Fsp3) is 0.462. The summed E-state index contributed by atoms with van der Waals surface area (Å²) < 4.78 is 49.0. The van der Waals surface area contributed by atoms with Crippen molar-refractivity contribution in [1.82, 2.24) is 5.32 Å². The maximum atomic E-state index is 12.6. The quantitative estimate of drug-likeness (QED) is 0.893. The van der Waals surface area contributed by atoms with Crippen LogP contribution in [0.1, 0.15) is 29.3 Å². The van der Waals surface area contributed by atoms with E-state index in [4.69, 9.17) is 11.6 Å². The topological polar surface area (TPSA) is 46.2 Å². The number of nitrogens with one attached hydrogen (secondary N) is 1. The molecule has 1 rings (SSSR count). The van der Waals surface area contributed by atoms with Crippen LogP contribution in [-0.2, 0) is 17.0 Å². The lowest BCUT2D eigenvalue weighted by molar-refractivity contribution is -0.137. The SMILES string of the molecule is C[C@@H](CCNC(=O)c1cc(Cl)cc(C(F)(F)F)c1)[S@@](C)=O. The molecule has 0 aromatic heterocycles. The third-order valence-electron chi connectivity index (χ3n) is 2.89. The normalized spacial score (nSPS) is 14.6. The van der Waals surface area contributed by atoms with E-state index in [0.29, 0.717) is 6.42 Å². The predicted octanol–water partition coefficient (Wildman–Crippen LogP) is 3.25. The maximum absolute atomic E-state index is 12.6. The summed E-state index contributed by atoms with van der Waals surface area (Å²) in [7, 11) is -1.01. The molecule has 0 saturated carbocycles. The number of alkyl halides is 3. The summed E-state index contributed by atoms with van der Waals surface area (Å²) in [6.07, 6.45) is -2.53. The molecule has 1 aromatic rings. The number of benzene rings is 1. The molecule has 1 N–H and O–H groups in total.